The van der Waals surface area contributed by atoms with Gasteiger partial charge in [0, 0.05) is 31.5 Å². The van der Waals surface area contributed by atoms with Crippen LogP contribution in [0, 0.1) is 0 Å². The van der Waals surface area contributed by atoms with Gasteiger partial charge in [-0.3, -0.25) is 4.79 Å². The van der Waals surface area contributed by atoms with E-state index in [-0.39, 0.29) is 18.7 Å². The lowest BCUT2D eigenvalue weighted by molar-refractivity contribution is 0.0727. The Morgan fingerprint density at radius 1 is 1.13 bits per heavy atom. The van der Waals surface area contributed by atoms with Crippen LogP contribution >= 0.6 is 11.8 Å². The van der Waals surface area contributed by atoms with E-state index in [2.05, 4.69) is 19.7 Å². The van der Waals surface area contributed by atoms with E-state index in [1.54, 1.807) is 23.9 Å². The number of nitrogens with zero attached hydrogens (tertiary/aromatic N) is 5. The molecule has 0 radical (unpaired) electrons. The Hall–Kier alpha value is -2.26. The van der Waals surface area contributed by atoms with Crippen molar-refractivity contribution in [1.82, 2.24) is 24.6 Å². The first-order valence-electron chi connectivity index (χ1n) is 10.7. The van der Waals surface area contributed by atoms with Crippen molar-refractivity contribution < 1.29 is 14.3 Å². The Balaban J connectivity index is 1.27. The minimum atomic E-state index is -0.0478. The van der Waals surface area contributed by atoms with Crippen molar-refractivity contribution in [2.75, 3.05) is 38.7 Å². The van der Waals surface area contributed by atoms with Gasteiger partial charge < -0.3 is 23.8 Å². The molecule has 1 amide bonds. The van der Waals surface area contributed by atoms with Crippen LogP contribution in [0.15, 0.2) is 23.4 Å². The number of carbonyl (C=O) groups is 1. The second-order valence-corrected chi connectivity index (χ2v) is 9.08. The Morgan fingerprint density at radius 3 is 2.83 bits per heavy atom. The van der Waals surface area contributed by atoms with Crippen LogP contribution in [0.3, 0.4) is 0 Å². The predicted molar refractivity (Wildman–Crippen MR) is 113 cm³/mol. The lowest BCUT2D eigenvalue weighted by Crippen LogP contribution is -2.31. The minimum Gasteiger partial charge on any atom is -0.454 e. The number of hydrogen-bond donors (Lipinski definition) is 0. The highest BCUT2D eigenvalue weighted by Crippen LogP contribution is 2.36. The number of rotatable bonds is 6. The van der Waals surface area contributed by atoms with Crippen molar-refractivity contribution in [2.45, 2.75) is 36.9 Å². The zero-order chi connectivity index (χ0) is 20.5. The molecule has 1 aromatic carbocycles. The second-order valence-electron chi connectivity index (χ2n) is 8.02. The van der Waals surface area contributed by atoms with E-state index in [1.807, 2.05) is 18.0 Å². The van der Waals surface area contributed by atoms with E-state index < -0.39 is 0 Å². The van der Waals surface area contributed by atoms with E-state index in [0.717, 1.165) is 42.7 Å². The van der Waals surface area contributed by atoms with E-state index >= 15 is 0 Å². The SMILES string of the molecule is Cn1c(SCCN2CCCC2)nnc1C1CCCN1C(=O)c1ccc2c(c1)OCO2. The summed E-state index contributed by atoms with van der Waals surface area (Å²) in [6, 6.07) is 5.34. The molecule has 0 saturated carbocycles. The summed E-state index contributed by atoms with van der Waals surface area (Å²) >= 11 is 1.75. The number of hydrogen-bond acceptors (Lipinski definition) is 7. The molecular formula is C21H27N5O3S. The lowest BCUT2D eigenvalue weighted by atomic mass is 10.1. The minimum absolute atomic E-state index is 0.00189. The van der Waals surface area contributed by atoms with Crippen LogP contribution in [0.2, 0.25) is 0 Å². The fraction of sp³-hybridized carbons (Fsp3) is 0.571. The monoisotopic (exact) mass is 429 g/mol. The van der Waals surface area contributed by atoms with E-state index in [0.29, 0.717) is 17.1 Å². The molecule has 2 aromatic rings. The second kappa shape index (κ2) is 8.47. The summed E-state index contributed by atoms with van der Waals surface area (Å²) in [5.41, 5.74) is 0.619. The van der Waals surface area contributed by atoms with Gasteiger partial charge >= 0.3 is 0 Å². The van der Waals surface area contributed by atoms with Crippen LogP contribution < -0.4 is 9.47 Å². The Kier molecular flexibility index (Phi) is 5.56. The molecule has 8 nitrogen and oxygen atoms in total. The number of likely N-dealkylation sites (tertiary alicyclic amines) is 2. The highest BCUT2D eigenvalue weighted by molar-refractivity contribution is 7.99. The van der Waals surface area contributed by atoms with Crippen LogP contribution in [0.5, 0.6) is 11.5 Å². The maximum Gasteiger partial charge on any atom is 0.254 e. The third-order valence-corrected chi connectivity index (χ3v) is 7.14. The van der Waals surface area contributed by atoms with Gasteiger partial charge in [0.15, 0.2) is 22.5 Å². The molecule has 160 valence electrons. The maximum atomic E-state index is 13.2. The number of ether oxygens (including phenoxy) is 2. The van der Waals surface area contributed by atoms with Crippen molar-refractivity contribution in [3.05, 3.63) is 29.6 Å². The quantitative estimate of drug-likeness (QED) is 0.654. The van der Waals surface area contributed by atoms with Gasteiger partial charge in [-0.1, -0.05) is 11.8 Å². The number of aromatic nitrogens is 3. The normalized spacial score (nSPS) is 21.0. The molecule has 2 saturated heterocycles. The maximum absolute atomic E-state index is 13.2. The molecule has 3 aliphatic heterocycles. The molecule has 30 heavy (non-hydrogen) atoms. The van der Waals surface area contributed by atoms with Crippen LogP contribution in [-0.2, 0) is 7.05 Å². The standard InChI is InChI=1S/C21H27N5O3S/c1-24-19(22-23-21(24)30-12-11-25-8-2-3-9-25)16-5-4-10-26(16)20(27)15-6-7-17-18(13-15)29-14-28-17/h6-7,13,16H,2-5,8-12,14H2,1H3. The van der Waals surface area contributed by atoms with Gasteiger partial charge in [0.25, 0.3) is 5.91 Å². The molecule has 0 spiro atoms. The van der Waals surface area contributed by atoms with Gasteiger partial charge in [-0.05, 0) is 57.0 Å². The molecule has 0 bridgehead atoms. The van der Waals surface area contributed by atoms with Crippen LogP contribution in [0.25, 0.3) is 0 Å². The molecule has 1 unspecified atom stereocenters. The molecule has 1 aromatic heterocycles. The van der Waals surface area contributed by atoms with Gasteiger partial charge in [0.05, 0.1) is 6.04 Å². The first-order chi connectivity index (χ1) is 14.7. The third kappa shape index (κ3) is 3.76. The number of benzene rings is 1. The third-order valence-electron chi connectivity index (χ3n) is 6.14. The zero-order valence-corrected chi connectivity index (χ0v) is 18.1. The lowest BCUT2D eigenvalue weighted by Gasteiger charge is -2.24. The summed E-state index contributed by atoms with van der Waals surface area (Å²) in [4.78, 5) is 17.7. The van der Waals surface area contributed by atoms with Gasteiger partial charge in [0.1, 0.15) is 0 Å². The molecule has 1 atom stereocenters. The van der Waals surface area contributed by atoms with Gasteiger partial charge in [0.2, 0.25) is 6.79 Å². The number of amides is 1. The molecular weight excluding hydrogens is 402 g/mol. The van der Waals surface area contributed by atoms with Gasteiger partial charge in [-0.15, -0.1) is 10.2 Å². The largest absolute Gasteiger partial charge is 0.454 e. The summed E-state index contributed by atoms with van der Waals surface area (Å²) in [5.74, 6) is 3.20. The highest BCUT2D eigenvalue weighted by Gasteiger charge is 2.34. The van der Waals surface area contributed by atoms with Crippen molar-refractivity contribution in [3.63, 3.8) is 0 Å². The first kappa shape index (κ1) is 19.7. The van der Waals surface area contributed by atoms with Crippen molar-refractivity contribution >= 4 is 17.7 Å². The number of thioether (sulfide) groups is 1. The fourth-order valence-corrected chi connectivity index (χ4v) is 5.41. The van der Waals surface area contributed by atoms with Crippen LogP contribution in [0.4, 0.5) is 0 Å². The number of carbonyl (C=O) groups excluding carboxylic acids is 1. The molecule has 0 N–H and O–H groups in total. The molecule has 9 heteroatoms. The van der Waals surface area contributed by atoms with E-state index in [1.165, 1.54) is 25.9 Å². The molecule has 2 fully saturated rings. The topological polar surface area (TPSA) is 72.7 Å². The fourth-order valence-electron chi connectivity index (χ4n) is 4.49. The van der Waals surface area contributed by atoms with Crippen molar-refractivity contribution in [2.24, 2.45) is 7.05 Å². The average molecular weight is 430 g/mol. The first-order valence-corrected chi connectivity index (χ1v) is 11.6. The summed E-state index contributed by atoms with van der Waals surface area (Å²) in [6.07, 6.45) is 4.49. The average Bonchev–Trinajstić information content (AvgIpc) is 3.55. The Labute approximate surface area is 180 Å². The highest BCUT2D eigenvalue weighted by atomic mass is 32.2. The molecule has 5 rings (SSSR count). The summed E-state index contributed by atoms with van der Waals surface area (Å²) in [6.45, 7) is 4.44. The number of fused-ring (bicyclic) bond motifs is 1. The van der Waals surface area contributed by atoms with Crippen LogP contribution in [-0.4, -0.2) is 69.2 Å². The Bertz CT molecular complexity index is 927. The van der Waals surface area contributed by atoms with E-state index in [4.69, 9.17) is 9.47 Å². The van der Waals surface area contributed by atoms with Gasteiger partial charge in [-0.25, -0.2) is 0 Å². The molecule has 0 aliphatic carbocycles. The summed E-state index contributed by atoms with van der Waals surface area (Å²) in [7, 11) is 2.01. The predicted octanol–water partition coefficient (Wildman–Crippen LogP) is 2.71. The zero-order valence-electron chi connectivity index (χ0n) is 17.2. The molecule has 4 heterocycles. The summed E-state index contributed by atoms with van der Waals surface area (Å²) in [5, 5.41) is 9.82. The molecule has 3 aliphatic rings. The Morgan fingerprint density at radius 2 is 1.97 bits per heavy atom. The van der Waals surface area contributed by atoms with Crippen molar-refractivity contribution in [1.29, 1.82) is 0 Å². The summed E-state index contributed by atoms with van der Waals surface area (Å²) < 4.78 is 12.9. The van der Waals surface area contributed by atoms with Gasteiger partial charge in [-0.2, -0.15) is 0 Å². The van der Waals surface area contributed by atoms with Crippen LogP contribution in [0.1, 0.15) is 47.9 Å². The van der Waals surface area contributed by atoms with Crippen molar-refractivity contribution in [3.8, 4) is 11.5 Å². The van der Waals surface area contributed by atoms with E-state index in [9.17, 15) is 4.79 Å². The smallest absolute Gasteiger partial charge is 0.254 e.